The predicted octanol–water partition coefficient (Wildman–Crippen LogP) is 1.64. The van der Waals surface area contributed by atoms with Crippen molar-refractivity contribution in [1.82, 2.24) is 0 Å². The van der Waals surface area contributed by atoms with Gasteiger partial charge in [0.15, 0.2) is 0 Å². The van der Waals surface area contributed by atoms with Crippen LogP contribution in [0.15, 0.2) is 18.2 Å². The Morgan fingerprint density at radius 2 is 1.64 bits per heavy atom. The molecule has 0 fully saturated rings. The molecule has 7 nitrogen and oxygen atoms in total. The van der Waals surface area contributed by atoms with Gasteiger partial charge in [0.1, 0.15) is 0 Å². The lowest BCUT2D eigenvalue weighted by atomic mass is 10.0. The third-order valence-corrected chi connectivity index (χ3v) is 3.15. The number of halogens is 1. The monoisotopic (exact) mass is 422 g/mol. The summed E-state index contributed by atoms with van der Waals surface area (Å²) in [4.78, 5) is 41.8. The molecule has 0 unspecified atom stereocenters. The molecule has 1 aromatic carbocycles. The molecule has 0 aliphatic heterocycles. The van der Waals surface area contributed by atoms with E-state index in [9.17, 15) is 14.4 Å². The first-order valence-electron chi connectivity index (χ1n) is 6.02. The topological polar surface area (TPSA) is 118 Å². The Morgan fingerprint density at radius 1 is 1.09 bits per heavy atom. The highest BCUT2D eigenvalue weighted by atomic mass is 127. The number of ether oxygens (including phenoxy) is 1. The fourth-order valence-electron chi connectivity index (χ4n) is 1.47. The third-order valence-electron chi connectivity index (χ3n) is 2.14. The first kappa shape index (κ1) is 20.0. The molecule has 8 heteroatoms. The van der Waals surface area contributed by atoms with E-state index in [1.165, 1.54) is 0 Å². The predicted molar refractivity (Wildman–Crippen MR) is 84.3 cm³/mol. The van der Waals surface area contributed by atoms with Gasteiger partial charge in [-0.25, -0.2) is 0 Å². The minimum absolute atomic E-state index is 0.112. The Morgan fingerprint density at radius 3 is 2.09 bits per heavy atom. The molecule has 0 atom stereocenters. The average Bonchev–Trinajstić information content (AvgIpc) is 2.31. The lowest BCUT2D eigenvalue weighted by molar-refractivity contribution is -0.157. The van der Waals surface area contributed by atoms with Gasteiger partial charge in [-0.05, 0) is 39.8 Å². The summed E-state index contributed by atoms with van der Waals surface area (Å²) in [7, 11) is 0. The van der Waals surface area contributed by atoms with E-state index in [0.717, 1.165) is 17.4 Å². The Balaban J connectivity index is 0.000000980. The molecule has 0 saturated carbocycles. The van der Waals surface area contributed by atoms with Crippen molar-refractivity contribution in [1.29, 1.82) is 0 Å². The quantitative estimate of drug-likeness (QED) is 0.430. The van der Waals surface area contributed by atoms with E-state index in [2.05, 4.69) is 4.74 Å². The van der Waals surface area contributed by atoms with Crippen molar-refractivity contribution in [2.24, 2.45) is 0 Å². The van der Waals surface area contributed by atoms with Crippen molar-refractivity contribution in [3.8, 4) is 0 Å². The van der Waals surface area contributed by atoms with E-state index in [0.29, 0.717) is 11.1 Å². The number of carboxylic acids is 2. The Kier molecular flexibility index (Phi) is 8.99. The van der Waals surface area contributed by atoms with E-state index in [1.807, 2.05) is 22.6 Å². The van der Waals surface area contributed by atoms with Crippen molar-refractivity contribution in [2.75, 3.05) is 0 Å². The zero-order valence-electron chi connectivity index (χ0n) is 12.0. The maximum atomic E-state index is 11.4. The molecule has 0 saturated heterocycles. The van der Waals surface area contributed by atoms with E-state index in [-0.39, 0.29) is 12.8 Å². The molecular weight excluding hydrogens is 407 g/mol. The SMILES string of the molecule is CC(=O)O.CC(=O)OC(=O)Cc1cccc(I)c1CC(=O)O. The first-order valence-corrected chi connectivity index (χ1v) is 7.10. The molecule has 1 aromatic rings. The molecule has 0 amide bonds. The molecule has 1 rings (SSSR count). The third kappa shape index (κ3) is 9.06. The molecule has 0 spiro atoms. The largest absolute Gasteiger partial charge is 0.481 e. The second-order valence-electron chi connectivity index (χ2n) is 4.11. The first-order chi connectivity index (χ1) is 10.1. The number of benzene rings is 1. The number of rotatable bonds is 4. The van der Waals surface area contributed by atoms with E-state index < -0.39 is 23.9 Å². The molecule has 0 aliphatic carbocycles. The van der Waals surface area contributed by atoms with Gasteiger partial charge in [0, 0.05) is 17.4 Å². The van der Waals surface area contributed by atoms with Crippen LogP contribution in [0, 0.1) is 3.57 Å². The van der Waals surface area contributed by atoms with Crippen LogP contribution in [0.3, 0.4) is 0 Å². The van der Waals surface area contributed by atoms with Crippen LogP contribution in [-0.2, 0) is 36.8 Å². The maximum Gasteiger partial charge on any atom is 0.317 e. The maximum absolute atomic E-state index is 11.4. The van der Waals surface area contributed by atoms with Crippen molar-refractivity contribution in [2.45, 2.75) is 26.7 Å². The summed E-state index contributed by atoms with van der Waals surface area (Å²) in [5.74, 6) is -3.16. The minimum atomic E-state index is -0.972. The molecule has 0 heterocycles. The van der Waals surface area contributed by atoms with Crippen LogP contribution >= 0.6 is 22.6 Å². The summed E-state index contributed by atoms with van der Waals surface area (Å²) in [6.45, 7) is 2.23. The van der Waals surface area contributed by atoms with Crippen LogP contribution in [0.1, 0.15) is 25.0 Å². The lowest BCUT2D eigenvalue weighted by Gasteiger charge is -2.09. The fourth-order valence-corrected chi connectivity index (χ4v) is 2.21. The van der Waals surface area contributed by atoms with Gasteiger partial charge in [0.25, 0.3) is 5.97 Å². The van der Waals surface area contributed by atoms with Crippen molar-refractivity contribution in [3.63, 3.8) is 0 Å². The molecule has 22 heavy (non-hydrogen) atoms. The smallest absolute Gasteiger partial charge is 0.317 e. The van der Waals surface area contributed by atoms with Crippen LogP contribution in [0.2, 0.25) is 0 Å². The van der Waals surface area contributed by atoms with Gasteiger partial charge < -0.3 is 14.9 Å². The summed E-state index contributed by atoms with van der Waals surface area (Å²) in [5.41, 5.74) is 1.14. The second-order valence-corrected chi connectivity index (χ2v) is 5.27. The summed E-state index contributed by atoms with van der Waals surface area (Å²) in [6.07, 6.45) is -0.277. The summed E-state index contributed by atoms with van der Waals surface area (Å²) >= 11 is 2.01. The Labute approximate surface area is 140 Å². The van der Waals surface area contributed by atoms with Crippen LogP contribution in [-0.4, -0.2) is 34.1 Å². The average molecular weight is 422 g/mol. The van der Waals surface area contributed by atoms with Crippen LogP contribution < -0.4 is 0 Å². The Hall–Kier alpha value is -1.97. The van der Waals surface area contributed by atoms with Crippen LogP contribution in [0.4, 0.5) is 0 Å². The van der Waals surface area contributed by atoms with E-state index >= 15 is 0 Å². The van der Waals surface area contributed by atoms with Gasteiger partial charge in [0.05, 0.1) is 12.8 Å². The highest BCUT2D eigenvalue weighted by Gasteiger charge is 2.15. The van der Waals surface area contributed by atoms with Crippen molar-refractivity contribution < 1.29 is 34.1 Å². The lowest BCUT2D eigenvalue weighted by Crippen LogP contribution is -2.14. The van der Waals surface area contributed by atoms with E-state index in [1.54, 1.807) is 18.2 Å². The van der Waals surface area contributed by atoms with E-state index in [4.69, 9.17) is 15.0 Å². The fraction of sp³-hybridized carbons (Fsp3) is 0.286. The number of aliphatic carboxylic acids is 2. The van der Waals surface area contributed by atoms with Gasteiger partial charge >= 0.3 is 17.9 Å². The molecule has 120 valence electrons. The molecule has 2 N–H and O–H groups in total. The number of hydrogen-bond donors (Lipinski definition) is 2. The van der Waals surface area contributed by atoms with Crippen molar-refractivity contribution >= 4 is 46.5 Å². The standard InChI is InChI=1S/C12H11IO5.C2H4O2/c1-7(14)18-12(17)5-8-3-2-4-10(13)9(8)6-11(15)16;1-2(3)4/h2-4H,5-6H2,1H3,(H,15,16);1H3,(H,3,4). The van der Waals surface area contributed by atoms with Gasteiger partial charge in [-0.15, -0.1) is 0 Å². The normalized spacial score (nSPS) is 9.23. The molecule has 0 bridgehead atoms. The number of hydrogen-bond acceptors (Lipinski definition) is 5. The van der Waals surface area contributed by atoms with Crippen molar-refractivity contribution in [3.05, 3.63) is 32.9 Å². The summed E-state index contributed by atoms with van der Waals surface area (Å²) in [6, 6.07) is 5.14. The Bertz CT molecular complexity index is 577. The molecule has 0 radical (unpaired) electrons. The minimum Gasteiger partial charge on any atom is -0.481 e. The van der Waals surface area contributed by atoms with Gasteiger partial charge in [-0.2, -0.15) is 0 Å². The highest BCUT2D eigenvalue weighted by molar-refractivity contribution is 14.1. The summed E-state index contributed by atoms with van der Waals surface area (Å²) < 4.78 is 5.19. The molecular formula is C14H15IO7. The number of esters is 2. The number of carbonyl (C=O) groups is 4. The number of carboxylic acid groups (broad SMARTS) is 2. The van der Waals surface area contributed by atoms with Crippen LogP contribution in [0.25, 0.3) is 0 Å². The number of carbonyl (C=O) groups excluding carboxylic acids is 2. The molecule has 0 aliphatic rings. The zero-order chi connectivity index (χ0) is 17.3. The van der Waals surface area contributed by atoms with Crippen LogP contribution in [0.5, 0.6) is 0 Å². The van der Waals surface area contributed by atoms with Gasteiger partial charge in [-0.3, -0.25) is 19.2 Å². The highest BCUT2D eigenvalue weighted by Crippen LogP contribution is 2.19. The second kappa shape index (κ2) is 9.87. The van der Waals surface area contributed by atoms with Gasteiger partial charge in [-0.1, -0.05) is 12.1 Å². The zero-order valence-corrected chi connectivity index (χ0v) is 14.1. The molecule has 0 aromatic heterocycles. The van der Waals surface area contributed by atoms with Gasteiger partial charge in [0.2, 0.25) is 0 Å². The summed E-state index contributed by atoms with van der Waals surface area (Å²) in [5, 5.41) is 16.2.